The minimum atomic E-state index is -2.93. The Morgan fingerprint density at radius 2 is 1.71 bits per heavy atom. The molecule has 1 aromatic carbocycles. The minimum Gasteiger partial charge on any atom is -0.434 e. The third-order valence-corrected chi connectivity index (χ3v) is 2.64. The van der Waals surface area contributed by atoms with Crippen LogP contribution in [0.1, 0.15) is 0 Å². The number of alkyl halides is 2. The number of ether oxygens (including phenoxy) is 1. The molecule has 0 saturated heterocycles. The average molecular weight is 289 g/mol. The molecule has 0 unspecified atom stereocenters. The molecule has 2 heterocycles. The van der Waals surface area contributed by atoms with E-state index in [0.717, 1.165) is 0 Å². The van der Waals surface area contributed by atoms with Crippen LogP contribution >= 0.6 is 0 Å². The molecule has 21 heavy (non-hydrogen) atoms. The molecule has 0 atom stereocenters. The van der Waals surface area contributed by atoms with E-state index in [2.05, 4.69) is 19.9 Å². The number of halogens is 2. The molecule has 0 spiro atoms. The Kier molecular flexibility index (Phi) is 3.55. The summed E-state index contributed by atoms with van der Waals surface area (Å²) in [7, 11) is 0. The molecular weight excluding hydrogens is 280 g/mol. The van der Waals surface area contributed by atoms with Gasteiger partial charge in [-0.3, -0.25) is 4.98 Å². The summed E-state index contributed by atoms with van der Waals surface area (Å²) in [6.45, 7) is -2.93. The second-order valence-corrected chi connectivity index (χ2v) is 4.00. The van der Waals surface area contributed by atoms with Crippen molar-refractivity contribution in [3.8, 4) is 28.8 Å². The first kappa shape index (κ1) is 13.2. The van der Waals surface area contributed by atoms with Gasteiger partial charge in [-0.25, -0.2) is 0 Å². The van der Waals surface area contributed by atoms with E-state index in [4.69, 9.17) is 4.42 Å². The van der Waals surface area contributed by atoms with E-state index in [1.807, 2.05) is 0 Å². The van der Waals surface area contributed by atoms with Crippen molar-refractivity contribution >= 4 is 0 Å². The molecule has 0 amide bonds. The Morgan fingerprint density at radius 3 is 2.48 bits per heavy atom. The first-order valence-electron chi connectivity index (χ1n) is 6.03. The van der Waals surface area contributed by atoms with Crippen LogP contribution in [-0.4, -0.2) is 21.8 Å². The van der Waals surface area contributed by atoms with Crippen LogP contribution in [0.5, 0.6) is 5.75 Å². The first-order chi connectivity index (χ1) is 10.2. The maximum atomic E-state index is 12.4. The molecule has 7 heteroatoms. The normalized spacial score (nSPS) is 10.8. The van der Waals surface area contributed by atoms with Crippen LogP contribution in [0.25, 0.3) is 23.0 Å². The van der Waals surface area contributed by atoms with E-state index in [-0.39, 0.29) is 17.5 Å². The van der Waals surface area contributed by atoms with E-state index in [1.165, 1.54) is 6.07 Å². The molecule has 0 aliphatic heterocycles. The summed E-state index contributed by atoms with van der Waals surface area (Å²) in [4.78, 5) is 4.08. The smallest absolute Gasteiger partial charge is 0.387 e. The lowest BCUT2D eigenvalue weighted by atomic mass is 10.2. The highest BCUT2D eigenvalue weighted by Crippen LogP contribution is 2.31. The second-order valence-electron chi connectivity index (χ2n) is 4.00. The van der Waals surface area contributed by atoms with Gasteiger partial charge in [0.15, 0.2) is 0 Å². The molecule has 0 aliphatic carbocycles. The van der Waals surface area contributed by atoms with Gasteiger partial charge in [-0.15, -0.1) is 10.2 Å². The van der Waals surface area contributed by atoms with Gasteiger partial charge in [0.05, 0.1) is 5.56 Å². The topological polar surface area (TPSA) is 61.0 Å². The van der Waals surface area contributed by atoms with Crippen LogP contribution in [0.15, 0.2) is 53.1 Å². The van der Waals surface area contributed by atoms with Crippen molar-refractivity contribution in [3.63, 3.8) is 0 Å². The van der Waals surface area contributed by atoms with Crippen molar-refractivity contribution < 1.29 is 17.9 Å². The zero-order chi connectivity index (χ0) is 14.7. The lowest BCUT2D eigenvalue weighted by Crippen LogP contribution is -2.03. The monoisotopic (exact) mass is 289 g/mol. The van der Waals surface area contributed by atoms with Gasteiger partial charge in [-0.1, -0.05) is 18.2 Å². The standard InChI is InChI=1S/C14H9F2N3O2/c15-14(16)20-11-7-2-1-5-9(11)12-18-19-13(21-12)10-6-3-4-8-17-10/h1-8,14H. The van der Waals surface area contributed by atoms with Crippen molar-refractivity contribution in [3.05, 3.63) is 48.7 Å². The Labute approximate surface area is 118 Å². The highest BCUT2D eigenvalue weighted by Gasteiger charge is 2.16. The number of hydrogen-bond donors (Lipinski definition) is 0. The third kappa shape index (κ3) is 2.86. The van der Waals surface area contributed by atoms with E-state index in [0.29, 0.717) is 11.3 Å². The summed E-state index contributed by atoms with van der Waals surface area (Å²) in [5.41, 5.74) is 0.802. The fourth-order valence-corrected chi connectivity index (χ4v) is 1.77. The number of nitrogens with zero attached hydrogens (tertiary/aromatic N) is 3. The Morgan fingerprint density at radius 1 is 0.952 bits per heavy atom. The lowest BCUT2D eigenvalue weighted by Gasteiger charge is -2.07. The lowest BCUT2D eigenvalue weighted by molar-refractivity contribution is -0.0495. The van der Waals surface area contributed by atoms with Gasteiger partial charge in [-0.05, 0) is 24.3 Å². The van der Waals surface area contributed by atoms with Crippen molar-refractivity contribution in [2.75, 3.05) is 0 Å². The molecule has 0 radical (unpaired) electrons. The molecular formula is C14H9F2N3O2. The predicted octanol–water partition coefficient (Wildman–Crippen LogP) is 3.40. The number of para-hydroxylation sites is 1. The number of pyridine rings is 1. The van der Waals surface area contributed by atoms with E-state index in [1.54, 1.807) is 42.6 Å². The van der Waals surface area contributed by atoms with Crippen molar-refractivity contribution in [1.29, 1.82) is 0 Å². The van der Waals surface area contributed by atoms with Crippen LogP contribution in [0.3, 0.4) is 0 Å². The van der Waals surface area contributed by atoms with Crippen LogP contribution in [0.4, 0.5) is 8.78 Å². The Balaban J connectivity index is 1.97. The zero-order valence-corrected chi connectivity index (χ0v) is 10.6. The highest BCUT2D eigenvalue weighted by molar-refractivity contribution is 5.63. The summed E-state index contributed by atoms with van der Waals surface area (Å²) >= 11 is 0. The van der Waals surface area contributed by atoms with Gasteiger partial charge < -0.3 is 9.15 Å². The number of hydrogen-bond acceptors (Lipinski definition) is 5. The molecule has 5 nitrogen and oxygen atoms in total. The molecule has 0 fully saturated rings. The molecule has 0 bridgehead atoms. The van der Waals surface area contributed by atoms with Crippen LogP contribution in [0.2, 0.25) is 0 Å². The van der Waals surface area contributed by atoms with E-state index < -0.39 is 6.61 Å². The SMILES string of the molecule is FC(F)Oc1ccccc1-c1nnc(-c2ccccn2)o1. The number of rotatable bonds is 4. The fourth-order valence-electron chi connectivity index (χ4n) is 1.77. The average Bonchev–Trinajstić information content (AvgIpc) is 2.98. The quantitative estimate of drug-likeness (QED) is 0.736. The first-order valence-corrected chi connectivity index (χ1v) is 6.03. The van der Waals surface area contributed by atoms with Gasteiger partial charge in [0, 0.05) is 6.20 Å². The van der Waals surface area contributed by atoms with E-state index >= 15 is 0 Å². The van der Waals surface area contributed by atoms with Crippen molar-refractivity contribution in [2.45, 2.75) is 6.61 Å². The van der Waals surface area contributed by atoms with Crippen LogP contribution < -0.4 is 4.74 Å². The summed E-state index contributed by atoms with van der Waals surface area (Å²) in [5.74, 6) is 0.271. The van der Waals surface area contributed by atoms with Crippen LogP contribution in [-0.2, 0) is 0 Å². The van der Waals surface area contributed by atoms with E-state index in [9.17, 15) is 8.78 Å². The summed E-state index contributed by atoms with van der Waals surface area (Å²) < 4.78 is 34.7. The van der Waals surface area contributed by atoms with Gasteiger partial charge in [0.1, 0.15) is 11.4 Å². The minimum absolute atomic E-state index is 0.0243. The highest BCUT2D eigenvalue weighted by atomic mass is 19.3. The summed E-state index contributed by atoms with van der Waals surface area (Å²) in [6, 6.07) is 11.5. The molecule has 0 N–H and O–H groups in total. The zero-order valence-electron chi connectivity index (χ0n) is 10.6. The van der Waals surface area contributed by atoms with Gasteiger partial charge in [0.25, 0.3) is 11.8 Å². The molecule has 0 saturated carbocycles. The van der Waals surface area contributed by atoms with Gasteiger partial charge in [-0.2, -0.15) is 8.78 Å². The van der Waals surface area contributed by atoms with Gasteiger partial charge >= 0.3 is 6.61 Å². The number of aromatic nitrogens is 3. The molecule has 3 rings (SSSR count). The van der Waals surface area contributed by atoms with Gasteiger partial charge in [0.2, 0.25) is 0 Å². The maximum Gasteiger partial charge on any atom is 0.387 e. The second kappa shape index (κ2) is 5.66. The summed E-state index contributed by atoms with van der Waals surface area (Å²) in [5, 5.41) is 7.71. The number of benzene rings is 1. The Bertz CT molecular complexity index is 732. The third-order valence-electron chi connectivity index (χ3n) is 2.64. The Hall–Kier alpha value is -2.83. The van der Waals surface area contributed by atoms with Crippen molar-refractivity contribution in [2.24, 2.45) is 0 Å². The fraction of sp³-hybridized carbons (Fsp3) is 0.0714. The molecule has 106 valence electrons. The largest absolute Gasteiger partial charge is 0.434 e. The van der Waals surface area contributed by atoms with Crippen molar-refractivity contribution in [1.82, 2.24) is 15.2 Å². The van der Waals surface area contributed by atoms with Crippen LogP contribution in [0, 0.1) is 0 Å². The summed E-state index contributed by atoms with van der Waals surface area (Å²) in [6.07, 6.45) is 1.59. The maximum absolute atomic E-state index is 12.4. The molecule has 3 aromatic rings. The molecule has 0 aliphatic rings. The molecule has 2 aromatic heterocycles. The predicted molar refractivity (Wildman–Crippen MR) is 69.6 cm³/mol.